The third-order valence-corrected chi connectivity index (χ3v) is 7.16. The summed E-state index contributed by atoms with van der Waals surface area (Å²) in [6.07, 6.45) is -4.40. The second kappa shape index (κ2) is 11.1. The van der Waals surface area contributed by atoms with Crippen molar-refractivity contribution in [3.8, 4) is 0 Å². The van der Waals surface area contributed by atoms with Crippen molar-refractivity contribution in [3.63, 3.8) is 0 Å². The lowest BCUT2D eigenvalue weighted by molar-refractivity contribution is -0.193. The minimum Gasteiger partial charge on any atom is -0.440 e. The Balaban J connectivity index is 1.45. The summed E-state index contributed by atoms with van der Waals surface area (Å²) in [5.41, 5.74) is 2.71. The van der Waals surface area contributed by atoms with E-state index < -0.39 is 24.2 Å². The van der Waals surface area contributed by atoms with Gasteiger partial charge in [-0.2, -0.15) is 13.2 Å². The quantitative estimate of drug-likeness (QED) is 0.211. The molecule has 0 saturated carbocycles. The van der Waals surface area contributed by atoms with E-state index in [2.05, 4.69) is 22.2 Å². The SMILES string of the molecule is Cc1cc(C(C)Nc2ccccc2C(=O)OC(=O)C(F)(F)F)c2oc(N3CC[C@H](c4ccccc4)C3)cc(=O)c2c1. The molecule has 1 unspecified atom stereocenters. The van der Waals surface area contributed by atoms with Crippen molar-refractivity contribution in [2.75, 3.05) is 23.3 Å². The Kier molecular flexibility index (Phi) is 7.57. The average Bonchev–Trinajstić information content (AvgIpc) is 3.44. The molecule has 1 aliphatic heterocycles. The number of hydrogen-bond acceptors (Lipinski definition) is 7. The van der Waals surface area contributed by atoms with E-state index in [1.807, 2.05) is 36.1 Å². The number of carbonyl (C=O) groups is 2. The van der Waals surface area contributed by atoms with Crippen molar-refractivity contribution >= 4 is 34.5 Å². The van der Waals surface area contributed by atoms with Gasteiger partial charge >= 0.3 is 18.1 Å². The first-order valence-electron chi connectivity index (χ1n) is 13.1. The Hall–Kier alpha value is -4.60. The molecule has 5 rings (SSSR count). The van der Waals surface area contributed by atoms with Gasteiger partial charge in [0.25, 0.3) is 0 Å². The van der Waals surface area contributed by atoms with Gasteiger partial charge in [-0.3, -0.25) is 4.79 Å². The van der Waals surface area contributed by atoms with Crippen LogP contribution in [-0.4, -0.2) is 31.2 Å². The lowest BCUT2D eigenvalue weighted by Crippen LogP contribution is -2.28. The largest absolute Gasteiger partial charge is 0.491 e. The zero-order valence-corrected chi connectivity index (χ0v) is 22.3. The molecule has 0 amide bonds. The molecular formula is C31H27F3N2O5. The number of carbonyl (C=O) groups excluding carboxylic acids is 2. The van der Waals surface area contributed by atoms with Gasteiger partial charge in [-0.15, -0.1) is 0 Å². The molecule has 10 heteroatoms. The Morgan fingerprint density at radius 3 is 2.49 bits per heavy atom. The Bertz CT molecular complexity index is 1670. The first kappa shape index (κ1) is 27.9. The number of hydrogen-bond donors (Lipinski definition) is 1. The average molecular weight is 565 g/mol. The number of nitrogens with one attached hydrogen (secondary N) is 1. The van der Waals surface area contributed by atoms with Gasteiger partial charge in [-0.05, 0) is 49.6 Å². The normalized spacial score (nSPS) is 16.0. The fourth-order valence-corrected chi connectivity index (χ4v) is 5.15. The molecule has 2 atom stereocenters. The molecule has 1 N–H and O–H groups in total. The topological polar surface area (TPSA) is 88.8 Å². The first-order chi connectivity index (χ1) is 19.5. The van der Waals surface area contributed by atoms with Crippen LogP contribution >= 0.6 is 0 Å². The predicted octanol–water partition coefficient (Wildman–Crippen LogP) is 6.51. The first-order valence-corrected chi connectivity index (χ1v) is 13.1. The van der Waals surface area contributed by atoms with Crippen LogP contribution in [0.25, 0.3) is 11.0 Å². The number of ether oxygens (including phenoxy) is 1. The number of alkyl halides is 3. The van der Waals surface area contributed by atoms with Gasteiger partial charge in [0.1, 0.15) is 5.58 Å². The second-order valence-corrected chi connectivity index (χ2v) is 10.1. The van der Waals surface area contributed by atoms with E-state index >= 15 is 0 Å². The Morgan fingerprint density at radius 2 is 1.76 bits per heavy atom. The number of aryl methyl sites for hydroxylation is 1. The number of halogens is 3. The van der Waals surface area contributed by atoms with Crippen LogP contribution in [0.5, 0.6) is 0 Å². The maximum absolute atomic E-state index is 13.2. The summed E-state index contributed by atoms with van der Waals surface area (Å²) in [4.78, 5) is 38.9. The molecule has 0 spiro atoms. The number of nitrogens with zero attached hydrogens (tertiary/aromatic N) is 1. The molecule has 212 valence electrons. The highest BCUT2D eigenvalue weighted by Gasteiger charge is 2.42. The summed E-state index contributed by atoms with van der Waals surface area (Å²) >= 11 is 0. The van der Waals surface area contributed by atoms with Gasteiger partial charge < -0.3 is 19.4 Å². The van der Waals surface area contributed by atoms with Crippen LogP contribution < -0.4 is 15.6 Å². The summed E-state index contributed by atoms with van der Waals surface area (Å²) in [7, 11) is 0. The van der Waals surface area contributed by atoms with Crippen molar-refractivity contribution in [2.45, 2.75) is 38.4 Å². The van der Waals surface area contributed by atoms with E-state index in [-0.39, 0.29) is 16.7 Å². The second-order valence-electron chi connectivity index (χ2n) is 10.1. The summed E-state index contributed by atoms with van der Waals surface area (Å²) in [5, 5.41) is 3.50. The molecule has 2 heterocycles. The molecule has 0 bridgehead atoms. The zero-order valence-electron chi connectivity index (χ0n) is 22.3. The molecule has 1 aliphatic rings. The molecule has 0 aliphatic carbocycles. The van der Waals surface area contributed by atoms with Crippen molar-refractivity contribution < 1.29 is 31.9 Å². The zero-order chi connectivity index (χ0) is 29.3. The molecular weight excluding hydrogens is 537 g/mol. The molecule has 41 heavy (non-hydrogen) atoms. The number of esters is 2. The third-order valence-electron chi connectivity index (χ3n) is 7.16. The number of fused-ring (bicyclic) bond motifs is 1. The maximum Gasteiger partial charge on any atom is 0.491 e. The van der Waals surface area contributed by atoms with E-state index in [0.717, 1.165) is 18.5 Å². The fourth-order valence-electron chi connectivity index (χ4n) is 5.15. The molecule has 1 saturated heterocycles. The number of anilines is 2. The summed E-state index contributed by atoms with van der Waals surface area (Å²) in [6.45, 7) is 5.02. The summed E-state index contributed by atoms with van der Waals surface area (Å²) in [6, 6.07) is 20.5. The van der Waals surface area contributed by atoms with Crippen LogP contribution in [0.3, 0.4) is 0 Å². The van der Waals surface area contributed by atoms with E-state index in [1.165, 1.54) is 29.8 Å². The van der Waals surface area contributed by atoms with Gasteiger partial charge in [0.15, 0.2) is 11.3 Å². The number of rotatable bonds is 6. The van der Waals surface area contributed by atoms with E-state index in [1.54, 1.807) is 19.1 Å². The van der Waals surface area contributed by atoms with Crippen molar-refractivity contribution in [3.05, 3.63) is 105 Å². The minimum atomic E-state index is -5.31. The highest BCUT2D eigenvalue weighted by molar-refractivity contribution is 6.02. The van der Waals surface area contributed by atoms with Gasteiger partial charge in [-0.1, -0.05) is 48.5 Å². The van der Waals surface area contributed by atoms with Gasteiger partial charge in [0.05, 0.1) is 17.0 Å². The van der Waals surface area contributed by atoms with Gasteiger partial charge in [0, 0.05) is 36.3 Å². The van der Waals surface area contributed by atoms with E-state index in [9.17, 15) is 27.6 Å². The minimum absolute atomic E-state index is 0.151. The Labute approximate surface area is 233 Å². The smallest absolute Gasteiger partial charge is 0.440 e. The van der Waals surface area contributed by atoms with Crippen molar-refractivity contribution in [1.29, 1.82) is 0 Å². The molecule has 7 nitrogen and oxygen atoms in total. The highest BCUT2D eigenvalue weighted by Crippen LogP contribution is 2.34. The van der Waals surface area contributed by atoms with Crippen LogP contribution in [0, 0.1) is 6.92 Å². The predicted molar refractivity (Wildman–Crippen MR) is 148 cm³/mol. The molecule has 3 aromatic carbocycles. The molecule has 4 aromatic rings. The van der Waals surface area contributed by atoms with Crippen LogP contribution in [0.1, 0.15) is 52.4 Å². The van der Waals surface area contributed by atoms with Crippen LogP contribution in [0.4, 0.5) is 24.7 Å². The lowest BCUT2D eigenvalue weighted by Gasteiger charge is -2.21. The third kappa shape index (κ3) is 5.96. The Morgan fingerprint density at radius 1 is 1.05 bits per heavy atom. The van der Waals surface area contributed by atoms with Crippen LogP contribution in [-0.2, 0) is 9.53 Å². The van der Waals surface area contributed by atoms with Gasteiger partial charge in [0.2, 0.25) is 0 Å². The van der Waals surface area contributed by atoms with Gasteiger partial charge in [-0.25, -0.2) is 9.59 Å². The molecule has 1 fully saturated rings. The van der Waals surface area contributed by atoms with Crippen LogP contribution in [0.2, 0.25) is 0 Å². The molecule has 0 radical (unpaired) electrons. The lowest BCUT2D eigenvalue weighted by atomic mass is 9.99. The monoisotopic (exact) mass is 564 g/mol. The standard InChI is InChI=1S/C31H27F3N2O5/c1-18-14-23(19(2)35-25-11-7-6-10-22(25)29(38)41-30(39)31(32,33)34)28-24(15-18)26(37)16-27(40-28)36-13-12-21(17-36)20-8-4-3-5-9-20/h3-11,14-16,19,21,35H,12-13,17H2,1-2H3/t19?,21-/m0/s1. The fraction of sp³-hybridized carbons (Fsp3) is 0.258. The van der Waals surface area contributed by atoms with E-state index in [0.29, 0.717) is 34.9 Å². The van der Waals surface area contributed by atoms with Crippen molar-refractivity contribution in [1.82, 2.24) is 0 Å². The van der Waals surface area contributed by atoms with E-state index in [4.69, 9.17) is 4.42 Å². The maximum atomic E-state index is 13.2. The van der Waals surface area contributed by atoms with Crippen molar-refractivity contribution in [2.24, 2.45) is 0 Å². The van der Waals surface area contributed by atoms with Crippen LogP contribution in [0.15, 0.2) is 82.0 Å². The highest BCUT2D eigenvalue weighted by atomic mass is 19.4. The number of para-hydroxylation sites is 1. The summed E-state index contributed by atoms with van der Waals surface area (Å²) in [5.74, 6) is -3.28. The molecule has 1 aromatic heterocycles. The summed E-state index contributed by atoms with van der Waals surface area (Å²) < 4.78 is 48.3. The number of benzene rings is 3.